The Balaban J connectivity index is 2.01. The summed E-state index contributed by atoms with van der Waals surface area (Å²) in [6.07, 6.45) is 3.71. The number of likely N-dealkylation sites (N-methyl/N-ethyl adjacent to an activating group) is 1. The Bertz CT molecular complexity index is 377. The van der Waals surface area contributed by atoms with Crippen LogP contribution in [0.15, 0.2) is 28.7 Å². The van der Waals surface area contributed by atoms with E-state index in [9.17, 15) is 0 Å². The van der Waals surface area contributed by atoms with Gasteiger partial charge in [0.15, 0.2) is 0 Å². The third kappa shape index (κ3) is 4.90. The molecule has 19 heavy (non-hydrogen) atoms. The summed E-state index contributed by atoms with van der Waals surface area (Å²) in [5.41, 5.74) is 1.45. The molecule has 0 radical (unpaired) electrons. The predicted octanol–water partition coefficient (Wildman–Crippen LogP) is 3.96. The number of nitrogens with one attached hydrogen (secondary N) is 1. The van der Waals surface area contributed by atoms with Gasteiger partial charge in [0.2, 0.25) is 0 Å². The summed E-state index contributed by atoms with van der Waals surface area (Å²) in [6, 6.07) is 8.76. The zero-order valence-corrected chi connectivity index (χ0v) is 13.3. The standard InChI is InChI=1S/C16H24BrNO/c1-2-18-12-15(10-13-6-8-19-9-7-13)14-4-3-5-16(17)11-14/h3-5,11,13,15,18H,2,6-10,12H2,1H3. The van der Waals surface area contributed by atoms with Crippen LogP contribution >= 0.6 is 15.9 Å². The number of halogens is 1. The van der Waals surface area contributed by atoms with Gasteiger partial charge >= 0.3 is 0 Å². The maximum absolute atomic E-state index is 5.46. The van der Waals surface area contributed by atoms with Gasteiger partial charge in [-0.25, -0.2) is 0 Å². The first-order valence-corrected chi connectivity index (χ1v) is 8.12. The Hall–Kier alpha value is -0.380. The molecule has 3 heteroatoms. The molecule has 1 aliphatic heterocycles. The molecule has 0 amide bonds. The summed E-state index contributed by atoms with van der Waals surface area (Å²) in [4.78, 5) is 0. The fourth-order valence-electron chi connectivity index (χ4n) is 2.80. The van der Waals surface area contributed by atoms with Crippen LogP contribution in [0, 0.1) is 5.92 Å². The lowest BCUT2D eigenvalue weighted by Crippen LogP contribution is -2.25. The van der Waals surface area contributed by atoms with E-state index in [1.54, 1.807) is 0 Å². The van der Waals surface area contributed by atoms with Crippen LogP contribution in [-0.4, -0.2) is 26.3 Å². The Morgan fingerprint density at radius 3 is 2.84 bits per heavy atom. The summed E-state index contributed by atoms with van der Waals surface area (Å²) in [6.45, 7) is 6.17. The van der Waals surface area contributed by atoms with E-state index >= 15 is 0 Å². The zero-order chi connectivity index (χ0) is 13.5. The van der Waals surface area contributed by atoms with Gasteiger partial charge in [0.05, 0.1) is 0 Å². The lowest BCUT2D eigenvalue weighted by atomic mass is 9.85. The largest absolute Gasteiger partial charge is 0.381 e. The fourth-order valence-corrected chi connectivity index (χ4v) is 3.22. The Labute approximate surface area is 125 Å². The van der Waals surface area contributed by atoms with Crippen LogP contribution in [0.25, 0.3) is 0 Å². The van der Waals surface area contributed by atoms with Crippen molar-refractivity contribution in [3.63, 3.8) is 0 Å². The highest BCUT2D eigenvalue weighted by Crippen LogP contribution is 2.30. The smallest absolute Gasteiger partial charge is 0.0468 e. The van der Waals surface area contributed by atoms with E-state index < -0.39 is 0 Å². The highest BCUT2D eigenvalue weighted by molar-refractivity contribution is 9.10. The average molecular weight is 326 g/mol. The van der Waals surface area contributed by atoms with Gasteiger partial charge < -0.3 is 10.1 Å². The average Bonchev–Trinajstić information content (AvgIpc) is 2.44. The van der Waals surface area contributed by atoms with Gasteiger partial charge in [-0.3, -0.25) is 0 Å². The molecule has 1 aliphatic rings. The van der Waals surface area contributed by atoms with Crippen molar-refractivity contribution < 1.29 is 4.74 Å². The van der Waals surface area contributed by atoms with E-state index in [4.69, 9.17) is 4.74 Å². The van der Waals surface area contributed by atoms with Crippen LogP contribution < -0.4 is 5.32 Å². The lowest BCUT2D eigenvalue weighted by molar-refractivity contribution is 0.0616. The van der Waals surface area contributed by atoms with Crippen molar-refractivity contribution in [2.45, 2.75) is 32.1 Å². The predicted molar refractivity (Wildman–Crippen MR) is 83.6 cm³/mol. The molecule has 0 bridgehead atoms. The minimum absolute atomic E-state index is 0.612. The maximum atomic E-state index is 5.46. The molecule has 1 fully saturated rings. The van der Waals surface area contributed by atoms with Gasteiger partial charge in [0, 0.05) is 24.2 Å². The molecule has 1 saturated heterocycles. The van der Waals surface area contributed by atoms with Crippen molar-refractivity contribution in [2.75, 3.05) is 26.3 Å². The van der Waals surface area contributed by atoms with Gasteiger partial charge in [-0.2, -0.15) is 0 Å². The molecule has 106 valence electrons. The Morgan fingerprint density at radius 2 is 2.16 bits per heavy atom. The number of hydrogen-bond acceptors (Lipinski definition) is 2. The summed E-state index contributed by atoms with van der Waals surface area (Å²) in [5, 5.41) is 3.51. The van der Waals surface area contributed by atoms with Gasteiger partial charge in [-0.05, 0) is 55.3 Å². The number of hydrogen-bond donors (Lipinski definition) is 1. The molecule has 0 aliphatic carbocycles. The fraction of sp³-hybridized carbons (Fsp3) is 0.625. The molecular weight excluding hydrogens is 302 g/mol. The first kappa shape index (κ1) is 15.0. The molecule has 1 atom stereocenters. The third-order valence-corrected chi connectivity index (χ3v) is 4.41. The molecule has 0 saturated carbocycles. The lowest BCUT2D eigenvalue weighted by Gasteiger charge is -2.27. The van der Waals surface area contributed by atoms with Crippen molar-refractivity contribution in [1.29, 1.82) is 0 Å². The van der Waals surface area contributed by atoms with Crippen LogP contribution in [-0.2, 0) is 4.74 Å². The Morgan fingerprint density at radius 1 is 1.37 bits per heavy atom. The van der Waals surface area contributed by atoms with Crippen molar-refractivity contribution in [3.8, 4) is 0 Å². The van der Waals surface area contributed by atoms with Crippen molar-refractivity contribution >= 4 is 15.9 Å². The van der Waals surface area contributed by atoms with Crippen LogP contribution in [0.2, 0.25) is 0 Å². The van der Waals surface area contributed by atoms with Crippen molar-refractivity contribution in [1.82, 2.24) is 5.32 Å². The zero-order valence-electron chi connectivity index (χ0n) is 11.7. The minimum atomic E-state index is 0.612. The third-order valence-electron chi connectivity index (χ3n) is 3.92. The SMILES string of the molecule is CCNCC(CC1CCOCC1)c1cccc(Br)c1. The maximum Gasteiger partial charge on any atom is 0.0468 e. The van der Waals surface area contributed by atoms with E-state index in [0.717, 1.165) is 32.2 Å². The quantitative estimate of drug-likeness (QED) is 0.854. The summed E-state index contributed by atoms with van der Waals surface area (Å²) < 4.78 is 6.64. The second-order valence-electron chi connectivity index (χ2n) is 5.35. The first-order chi connectivity index (χ1) is 9.29. The van der Waals surface area contributed by atoms with Gasteiger partial charge in [0.25, 0.3) is 0 Å². The van der Waals surface area contributed by atoms with Crippen LogP contribution in [0.5, 0.6) is 0 Å². The summed E-state index contributed by atoms with van der Waals surface area (Å²) in [5.74, 6) is 1.43. The van der Waals surface area contributed by atoms with Crippen LogP contribution in [0.3, 0.4) is 0 Å². The van der Waals surface area contributed by atoms with Gasteiger partial charge in [0.1, 0.15) is 0 Å². The second kappa shape index (κ2) is 8.03. The molecular formula is C16H24BrNO. The molecule has 1 aromatic rings. The van der Waals surface area contributed by atoms with E-state index in [1.165, 1.54) is 29.3 Å². The molecule has 1 heterocycles. The van der Waals surface area contributed by atoms with Gasteiger partial charge in [-0.15, -0.1) is 0 Å². The minimum Gasteiger partial charge on any atom is -0.381 e. The van der Waals surface area contributed by atoms with E-state index in [-0.39, 0.29) is 0 Å². The van der Waals surface area contributed by atoms with Crippen molar-refractivity contribution in [2.24, 2.45) is 5.92 Å². The monoisotopic (exact) mass is 325 g/mol. The molecule has 0 aromatic heterocycles. The highest BCUT2D eigenvalue weighted by atomic mass is 79.9. The number of benzene rings is 1. The molecule has 2 rings (SSSR count). The first-order valence-electron chi connectivity index (χ1n) is 7.33. The normalized spacial score (nSPS) is 18.4. The van der Waals surface area contributed by atoms with Crippen molar-refractivity contribution in [3.05, 3.63) is 34.3 Å². The highest BCUT2D eigenvalue weighted by Gasteiger charge is 2.20. The topological polar surface area (TPSA) is 21.3 Å². The summed E-state index contributed by atoms with van der Waals surface area (Å²) in [7, 11) is 0. The molecule has 2 nitrogen and oxygen atoms in total. The molecule has 0 spiro atoms. The number of ether oxygens (including phenoxy) is 1. The van der Waals surface area contributed by atoms with E-state index in [1.807, 2.05) is 0 Å². The number of rotatable bonds is 6. The van der Waals surface area contributed by atoms with Gasteiger partial charge in [-0.1, -0.05) is 35.0 Å². The van der Waals surface area contributed by atoms with E-state index in [2.05, 4.69) is 52.4 Å². The van der Waals surface area contributed by atoms with Crippen LogP contribution in [0.4, 0.5) is 0 Å². The molecule has 1 aromatic carbocycles. The Kier molecular flexibility index (Phi) is 6.35. The second-order valence-corrected chi connectivity index (χ2v) is 6.27. The van der Waals surface area contributed by atoms with E-state index in [0.29, 0.717) is 5.92 Å². The van der Waals surface area contributed by atoms with Crippen LogP contribution in [0.1, 0.15) is 37.7 Å². The summed E-state index contributed by atoms with van der Waals surface area (Å²) >= 11 is 3.58. The molecule has 1 N–H and O–H groups in total. The molecule has 1 unspecified atom stereocenters.